The van der Waals surface area contributed by atoms with Crippen molar-refractivity contribution in [1.82, 2.24) is 9.97 Å². The highest BCUT2D eigenvalue weighted by Gasteiger charge is 2.13. The Kier molecular flexibility index (Phi) is 3.71. The van der Waals surface area contributed by atoms with Crippen LogP contribution in [-0.2, 0) is 0 Å². The average molecular weight is 249 g/mol. The molecule has 2 N–H and O–H groups in total. The second-order valence-corrected chi connectivity index (χ2v) is 4.72. The maximum absolute atomic E-state index is 6.14. The third-order valence-electron chi connectivity index (χ3n) is 2.36. The van der Waals surface area contributed by atoms with E-state index < -0.39 is 0 Å². The molecule has 0 aliphatic heterocycles. The van der Waals surface area contributed by atoms with E-state index in [2.05, 4.69) is 9.97 Å². The highest BCUT2D eigenvalue weighted by atomic mass is 32.1. The fourth-order valence-corrected chi connectivity index (χ4v) is 2.19. The molecule has 4 nitrogen and oxygen atoms in total. The van der Waals surface area contributed by atoms with Crippen molar-refractivity contribution < 1.29 is 4.74 Å². The summed E-state index contributed by atoms with van der Waals surface area (Å²) in [5, 5.41) is 3.00. The summed E-state index contributed by atoms with van der Waals surface area (Å²) in [4.78, 5) is 8.51. The summed E-state index contributed by atoms with van der Waals surface area (Å²) in [6.07, 6.45) is 3.44. The third kappa shape index (κ3) is 2.81. The van der Waals surface area contributed by atoms with Gasteiger partial charge in [-0.1, -0.05) is 0 Å². The Morgan fingerprint density at radius 3 is 2.94 bits per heavy atom. The van der Waals surface area contributed by atoms with Gasteiger partial charge >= 0.3 is 0 Å². The molecule has 5 heteroatoms. The maximum atomic E-state index is 6.14. The average Bonchev–Trinajstić information content (AvgIpc) is 2.76. The molecule has 0 aromatic carbocycles. The van der Waals surface area contributed by atoms with Crippen molar-refractivity contribution in [2.45, 2.75) is 19.9 Å². The molecule has 0 fully saturated rings. The molecular formula is C12H15N3OS. The van der Waals surface area contributed by atoms with Gasteiger partial charge in [-0.25, -0.2) is 4.98 Å². The second kappa shape index (κ2) is 5.25. The second-order valence-electron chi connectivity index (χ2n) is 3.66. The number of aryl methyl sites for hydroxylation is 1. The van der Waals surface area contributed by atoms with Gasteiger partial charge in [0.15, 0.2) is 0 Å². The fraction of sp³-hybridized carbons (Fsp3) is 0.333. The van der Waals surface area contributed by atoms with Crippen LogP contribution in [0.1, 0.15) is 29.2 Å². The zero-order chi connectivity index (χ0) is 12.3. The summed E-state index contributed by atoms with van der Waals surface area (Å²) < 4.78 is 5.40. The molecule has 2 heterocycles. The summed E-state index contributed by atoms with van der Waals surface area (Å²) in [6, 6.07) is 1.67. The highest BCUT2D eigenvalue weighted by Crippen LogP contribution is 2.23. The smallest absolute Gasteiger partial charge is 0.137 e. The lowest BCUT2D eigenvalue weighted by Gasteiger charge is -2.10. The van der Waals surface area contributed by atoms with Crippen LogP contribution >= 0.6 is 11.3 Å². The molecule has 1 unspecified atom stereocenters. The third-order valence-corrected chi connectivity index (χ3v) is 3.15. The molecule has 0 bridgehead atoms. The van der Waals surface area contributed by atoms with Gasteiger partial charge in [0.1, 0.15) is 5.75 Å². The summed E-state index contributed by atoms with van der Waals surface area (Å²) >= 11 is 1.60. The van der Waals surface area contributed by atoms with Gasteiger partial charge in [-0.2, -0.15) is 0 Å². The van der Waals surface area contributed by atoms with Crippen LogP contribution in [0.3, 0.4) is 0 Å². The van der Waals surface area contributed by atoms with Crippen LogP contribution < -0.4 is 10.5 Å². The Morgan fingerprint density at radius 1 is 1.47 bits per heavy atom. The van der Waals surface area contributed by atoms with Crippen molar-refractivity contribution >= 4 is 11.3 Å². The van der Waals surface area contributed by atoms with Crippen LogP contribution in [0.15, 0.2) is 23.8 Å². The van der Waals surface area contributed by atoms with E-state index in [9.17, 15) is 0 Å². The molecule has 0 spiro atoms. The lowest BCUT2D eigenvalue weighted by Crippen LogP contribution is -2.12. The van der Waals surface area contributed by atoms with E-state index >= 15 is 0 Å². The van der Waals surface area contributed by atoms with Crippen LogP contribution in [0.4, 0.5) is 0 Å². The van der Waals surface area contributed by atoms with Crippen molar-refractivity contribution in [1.29, 1.82) is 0 Å². The number of pyridine rings is 1. The summed E-state index contributed by atoms with van der Waals surface area (Å²) in [5.41, 5.74) is 7.94. The van der Waals surface area contributed by atoms with Gasteiger partial charge in [-0.15, -0.1) is 11.3 Å². The monoisotopic (exact) mass is 249 g/mol. The van der Waals surface area contributed by atoms with Crippen LogP contribution in [0.2, 0.25) is 0 Å². The predicted molar refractivity (Wildman–Crippen MR) is 68.3 cm³/mol. The Balaban J connectivity index is 2.24. The van der Waals surface area contributed by atoms with E-state index in [1.165, 1.54) is 0 Å². The summed E-state index contributed by atoms with van der Waals surface area (Å²) in [5.74, 6) is 0.743. The molecule has 0 aliphatic carbocycles. The topological polar surface area (TPSA) is 61.0 Å². The molecule has 0 saturated carbocycles. The Hall–Kier alpha value is -1.46. The number of thiazole rings is 1. The van der Waals surface area contributed by atoms with Crippen LogP contribution in [-0.4, -0.2) is 16.6 Å². The molecule has 2 rings (SSSR count). The molecule has 2 aromatic rings. The molecular weight excluding hydrogens is 234 g/mol. The zero-order valence-electron chi connectivity index (χ0n) is 9.88. The quantitative estimate of drug-likeness (QED) is 0.903. The van der Waals surface area contributed by atoms with E-state index in [1.807, 2.05) is 25.3 Å². The van der Waals surface area contributed by atoms with Crippen LogP contribution in [0.25, 0.3) is 0 Å². The largest absolute Gasteiger partial charge is 0.492 e. The highest BCUT2D eigenvalue weighted by molar-refractivity contribution is 7.09. The zero-order valence-corrected chi connectivity index (χ0v) is 10.7. The van der Waals surface area contributed by atoms with E-state index in [1.54, 1.807) is 23.7 Å². The SMILES string of the molecule is CCOc1cncc(C(N)c2csc(C)n2)c1. The van der Waals surface area contributed by atoms with E-state index in [4.69, 9.17) is 10.5 Å². The number of ether oxygens (including phenoxy) is 1. The molecule has 1 atom stereocenters. The number of hydrogen-bond donors (Lipinski definition) is 1. The Bertz CT molecular complexity index is 498. The van der Waals surface area contributed by atoms with E-state index in [0.29, 0.717) is 6.61 Å². The summed E-state index contributed by atoms with van der Waals surface area (Å²) in [7, 11) is 0. The van der Waals surface area contributed by atoms with Crippen molar-refractivity contribution in [2.75, 3.05) is 6.61 Å². The molecule has 2 aromatic heterocycles. The van der Waals surface area contributed by atoms with E-state index in [0.717, 1.165) is 22.0 Å². The predicted octanol–water partition coefficient (Wildman–Crippen LogP) is 2.29. The van der Waals surface area contributed by atoms with Gasteiger partial charge in [0, 0.05) is 11.6 Å². The van der Waals surface area contributed by atoms with Crippen molar-refractivity contribution in [3.8, 4) is 5.75 Å². The number of rotatable bonds is 4. The summed E-state index contributed by atoms with van der Waals surface area (Å²) in [6.45, 7) is 4.53. The number of nitrogens with zero attached hydrogens (tertiary/aromatic N) is 2. The Labute approximate surface area is 104 Å². The van der Waals surface area contributed by atoms with Crippen LogP contribution in [0.5, 0.6) is 5.75 Å². The first kappa shape index (κ1) is 12.0. The van der Waals surface area contributed by atoms with Gasteiger partial charge in [0.05, 0.1) is 29.5 Å². The lowest BCUT2D eigenvalue weighted by atomic mass is 10.1. The Morgan fingerprint density at radius 2 is 2.29 bits per heavy atom. The standard InChI is InChI=1S/C12H15N3OS/c1-3-16-10-4-9(5-14-6-10)12(13)11-7-17-8(2)15-11/h4-7,12H,3,13H2,1-2H3. The first-order chi connectivity index (χ1) is 8.20. The normalized spacial score (nSPS) is 12.4. The van der Waals surface area contributed by atoms with Gasteiger partial charge < -0.3 is 10.5 Å². The first-order valence-corrected chi connectivity index (χ1v) is 6.34. The number of nitrogens with two attached hydrogens (primary N) is 1. The number of hydrogen-bond acceptors (Lipinski definition) is 5. The maximum Gasteiger partial charge on any atom is 0.137 e. The molecule has 0 amide bonds. The molecule has 0 radical (unpaired) electrons. The van der Waals surface area contributed by atoms with Gasteiger partial charge in [0.25, 0.3) is 0 Å². The van der Waals surface area contributed by atoms with Crippen molar-refractivity contribution in [2.24, 2.45) is 5.73 Å². The first-order valence-electron chi connectivity index (χ1n) is 5.46. The minimum atomic E-state index is -0.243. The number of aromatic nitrogens is 2. The van der Waals surface area contributed by atoms with Gasteiger partial charge in [-0.05, 0) is 25.5 Å². The molecule has 0 saturated heterocycles. The molecule has 90 valence electrons. The van der Waals surface area contributed by atoms with Gasteiger partial charge in [0.2, 0.25) is 0 Å². The van der Waals surface area contributed by atoms with Crippen molar-refractivity contribution in [3.05, 3.63) is 40.1 Å². The fourth-order valence-electron chi connectivity index (χ4n) is 1.55. The van der Waals surface area contributed by atoms with Crippen molar-refractivity contribution in [3.63, 3.8) is 0 Å². The van der Waals surface area contributed by atoms with E-state index in [-0.39, 0.29) is 6.04 Å². The minimum absolute atomic E-state index is 0.243. The van der Waals surface area contributed by atoms with Gasteiger partial charge in [-0.3, -0.25) is 4.98 Å². The minimum Gasteiger partial charge on any atom is -0.492 e. The molecule has 0 aliphatic rings. The van der Waals surface area contributed by atoms with Crippen LogP contribution in [0, 0.1) is 6.92 Å². The molecule has 17 heavy (non-hydrogen) atoms. The lowest BCUT2D eigenvalue weighted by molar-refractivity contribution is 0.338.